The van der Waals surface area contributed by atoms with Crippen LogP contribution in [-0.4, -0.2) is 47.1 Å². The highest BCUT2D eigenvalue weighted by molar-refractivity contribution is 7.12. The van der Waals surface area contributed by atoms with Gasteiger partial charge in [-0.2, -0.15) is 26.3 Å². The molecule has 2 aliphatic carbocycles. The predicted octanol–water partition coefficient (Wildman–Crippen LogP) is 12.8. The van der Waals surface area contributed by atoms with Gasteiger partial charge < -0.3 is 26.2 Å². The molecule has 2 aromatic heterocycles. The van der Waals surface area contributed by atoms with Gasteiger partial charge in [-0.25, -0.2) is 9.59 Å². The summed E-state index contributed by atoms with van der Waals surface area (Å²) in [4.78, 5) is 52.5. The Kier molecular flexibility index (Phi) is 16.7. The Morgan fingerprint density at radius 2 is 0.817 bits per heavy atom. The van der Waals surface area contributed by atoms with E-state index in [4.69, 9.17) is 10.2 Å². The monoisotopic (exact) mass is 1020 g/mol. The number of aryl methyl sites for hydroxylation is 4. The van der Waals surface area contributed by atoms with Crippen molar-refractivity contribution in [1.29, 1.82) is 0 Å². The van der Waals surface area contributed by atoms with Crippen molar-refractivity contribution in [1.82, 2.24) is 16.0 Å². The molecule has 0 atom stereocenters. The number of thiophene rings is 2. The lowest BCUT2D eigenvalue weighted by Crippen LogP contribution is -2.35. The summed E-state index contributed by atoms with van der Waals surface area (Å²) in [5, 5.41) is 27.6. The second-order valence-corrected chi connectivity index (χ2v) is 20.5. The molecule has 9 nitrogen and oxygen atoms in total. The van der Waals surface area contributed by atoms with Crippen molar-refractivity contribution < 1.29 is 55.7 Å². The third-order valence-electron chi connectivity index (χ3n) is 12.6. The number of amides is 2. The van der Waals surface area contributed by atoms with Gasteiger partial charge in [0.1, 0.15) is 0 Å². The number of nitrogens with one attached hydrogen (secondary N) is 3. The van der Waals surface area contributed by atoms with Gasteiger partial charge >= 0.3 is 24.3 Å². The van der Waals surface area contributed by atoms with Gasteiger partial charge in [0, 0.05) is 19.5 Å². The van der Waals surface area contributed by atoms with E-state index in [1.807, 2.05) is 27.7 Å². The molecular weight excluding hydrogens is 965 g/mol. The number of benzene rings is 4. The molecule has 4 aromatic carbocycles. The summed E-state index contributed by atoms with van der Waals surface area (Å²) in [5.74, 6) is -2.46. The van der Waals surface area contributed by atoms with E-state index in [0.29, 0.717) is 35.1 Å². The first-order chi connectivity index (χ1) is 33.4. The van der Waals surface area contributed by atoms with Gasteiger partial charge in [-0.15, -0.1) is 22.7 Å². The number of carboxylic acids is 2. The normalized spacial score (nSPS) is 14.3. The molecule has 6 aromatic rings. The zero-order valence-electron chi connectivity index (χ0n) is 40.0. The molecule has 2 heterocycles. The molecule has 2 amide bonds. The number of rotatable bonds is 14. The SMILES string of the molecule is CCNCC.Cc1sc(C)c(C(=O)NC2(c3ccc(C(=O)O)cc3)CC2)c1Cc1ccc(C(F)(F)F)cc1.Cc1sc(C)c(C(=O)NC2(c3ccc(C(=O)O)cc3)CC2)c1Cc1ccc(C(F)(F)F)cc1. The minimum Gasteiger partial charge on any atom is -0.478 e. The maximum absolute atomic E-state index is 13.3. The Labute approximate surface area is 416 Å². The van der Waals surface area contributed by atoms with E-state index < -0.39 is 46.5 Å². The number of carbonyl (C=O) groups excluding carboxylic acids is 2. The Hall–Kier alpha value is -6.30. The first-order valence-electron chi connectivity index (χ1n) is 22.9. The lowest BCUT2D eigenvalue weighted by molar-refractivity contribution is -0.138. The maximum Gasteiger partial charge on any atom is 0.416 e. The molecule has 71 heavy (non-hydrogen) atoms. The topological polar surface area (TPSA) is 145 Å². The number of alkyl halides is 6. The third kappa shape index (κ3) is 13.2. The van der Waals surface area contributed by atoms with E-state index in [0.717, 1.165) is 105 Å². The molecule has 17 heteroatoms. The van der Waals surface area contributed by atoms with Crippen molar-refractivity contribution in [2.75, 3.05) is 13.1 Å². The molecule has 2 saturated carbocycles. The summed E-state index contributed by atoms with van der Waals surface area (Å²) in [5.41, 5.74) is 3.77. The van der Waals surface area contributed by atoms with Crippen LogP contribution >= 0.6 is 22.7 Å². The fourth-order valence-corrected chi connectivity index (χ4v) is 10.6. The Morgan fingerprint density at radius 3 is 1.06 bits per heavy atom. The lowest BCUT2D eigenvalue weighted by Gasteiger charge is -2.19. The quantitative estimate of drug-likeness (QED) is 0.0683. The highest BCUT2D eigenvalue weighted by Crippen LogP contribution is 2.47. The molecule has 0 bridgehead atoms. The molecule has 8 rings (SSSR count). The fraction of sp³-hybridized carbons (Fsp3) is 0.333. The van der Waals surface area contributed by atoms with Gasteiger partial charge in [0.25, 0.3) is 11.8 Å². The maximum atomic E-state index is 13.3. The van der Waals surface area contributed by atoms with E-state index in [1.165, 1.54) is 71.2 Å². The molecule has 0 spiro atoms. The van der Waals surface area contributed by atoms with Crippen molar-refractivity contribution in [3.05, 3.63) is 183 Å². The van der Waals surface area contributed by atoms with Crippen LogP contribution in [0.5, 0.6) is 0 Å². The number of hydrogen-bond donors (Lipinski definition) is 5. The van der Waals surface area contributed by atoms with Crippen molar-refractivity contribution in [3.63, 3.8) is 0 Å². The van der Waals surface area contributed by atoms with Gasteiger partial charge in [0.2, 0.25) is 0 Å². The molecular formula is C54H55F6N3O6S2. The van der Waals surface area contributed by atoms with Gasteiger partial charge in [0.15, 0.2) is 0 Å². The molecule has 2 fully saturated rings. The van der Waals surface area contributed by atoms with Crippen LogP contribution in [0.2, 0.25) is 0 Å². The fourth-order valence-electron chi connectivity index (χ4n) is 8.41. The zero-order chi connectivity index (χ0) is 52.1. The van der Waals surface area contributed by atoms with E-state index in [9.17, 15) is 45.5 Å². The van der Waals surface area contributed by atoms with Crippen molar-refractivity contribution in [2.45, 2.75) is 103 Å². The summed E-state index contributed by atoms with van der Waals surface area (Å²) in [7, 11) is 0. The molecule has 0 aliphatic heterocycles. The Morgan fingerprint density at radius 1 is 0.507 bits per heavy atom. The van der Waals surface area contributed by atoms with Crippen LogP contribution in [0.1, 0.15) is 145 Å². The predicted molar refractivity (Wildman–Crippen MR) is 264 cm³/mol. The van der Waals surface area contributed by atoms with Crippen LogP contribution < -0.4 is 16.0 Å². The van der Waals surface area contributed by atoms with E-state index in [1.54, 1.807) is 24.3 Å². The molecule has 0 saturated heterocycles. The first kappa shape index (κ1) is 54.0. The summed E-state index contributed by atoms with van der Waals surface area (Å²) in [6.07, 6.45) is -5.06. The minimum absolute atomic E-state index is 0.184. The van der Waals surface area contributed by atoms with E-state index in [2.05, 4.69) is 29.8 Å². The highest BCUT2D eigenvalue weighted by Gasteiger charge is 2.47. The molecule has 0 unspecified atom stereocenters. The van der Waals surface area contributed by atoms with Crippen LogP contribution in [-0.2, 0) is 36.3 Å². The van der Waals surface area contributed by atoms with Gasteiger partial charge in [-0.05, 0) is 161 Å². The number of halogens is 6. The largest absolute Gasteiger partial charge is 0.478 e. The second-order valence-electron chi connectivity index (χ2n) is 17.7. The molecule has 2 aliphatic rings. The van der Waals surface area contributed by atoms with Gasteiger partial charge in [0.05, 0.1) is 44.5 Å². The van der Waals surface area contributed by atoms with Gasteiger partial charge in [-0.1, -0.05) is 62.4 Å². The van der Waals surface area contributed by atoms with E-state index >= 15 is 0 Å². The second kappa shape index (κ2) is 22.0. The highest BCUT2D eigenvalue weighted by atomic mass is 32.1. The van der Waals surface area contributed by atoms with Crippen LogP contribution in [0.3, 0.4) is 0 Å². The van der Waals surface area contributed by atoms with Crippen LogP contribution in [0.15, 0.2) is 97.1 Å². The first-order valence-corrected chi connectivity index (χ1v) is 24.6. The lowest BCUT2D eigenvalue weighted by atomic mass is 9.97. The Bertz CT molecular complexity index is 2670. The Balaban J connectivity index is 0.000000212. The average Bonchev–Trinajstić information content (AvgIpc) is 4.23. The average molecular weight is 1020 g/mol. The third-order valence-corrected chi connectivity index (χ3v) is 14.7. The van der Waals surface area contributed by atoms with Crippen molar-refractivity contribution >= 4 is 46.4 Å². The van der Waals surface area contributed by atoms with Crippen molar-refractivity contribution in [3.8, 4) is 0 Å². The molecule has 376 valence electrons. The van der Waals surface area contributed by atoms with E-state index in [-0.39, 0.29) is 22.9 Å². The van der Waals surface area contributed by atoms with Crippen LogP contribution in [0.25, 0.3) is 0 Å². The summed E-state index contributed by atoms with van der Waals surface area (Å²) >= 11 is 2.98. The van der Waals surface area contributed by atoms with Crippen LogP contribution in [0.4, 0.5) is 26.3 Å². The number of hydrogen-bond acceptors (Lipinski definition) is 7. The standard InChI is InChI=1S/2C25H22F3NO3S.C4H11N/c2*1-14-20(13-16-3-7-19(8-4-16)25(26,27)28)21(15(2)33-14)22(30)29-24(11-12-24)18-9-5-17(6-10-18)23(31)32;1-3-5-4-2/h2*3-10H,11-13H2,1-2H3,(H,29,30)(H,31,32);5H,3-4H2,1-2H3. The number of carbonyl (C=O) groups is 4. The summed E-state index contributed by atoms with van der Waals surface area (Å²) in [6.45, 7) is 13.9. The summed E-state index contributed by atoms with van der Waals surface area (Å²) in [6, 6.07) is 23.0. The number of aromatic carboxylic acids is 2. The molecule has 5 N–H and O–H groups in total. The van der Waals surface area contributed by atoms with Crippen LogP contribution in [0, 0.1) is 27.7 Å². The van der Waals surface area contributed by atoms with Gasteiger partial charge in [-0.3, -0.25) is 9.59 Å². The zero-order valence-corrected chi connectivity index (χ0v) is 41.6. The van der Waals surface area contributed by atoms with Crippen molar-refractivity contribution in [2.24, 2.45) is 0 Å². The molecule has 0 radical (unpaired) electrons. The minimum atomic E-state index is -4.39. The number of carboxylic acid groups (broad SMARTS) is 2. The summed E-state index contributed by atoms with van der Waals surface area (Å²) < 4.78 is 77.2. The smallest absolute Gasteiger partial charge is 0.416 e.